The monoisotopic (exact) mass is 210 g/mol. The summed E-state index contributed by atoms with van der Waals surface area (Å²) in [5.41, 5.74) is 5.75. The van der Waals surface area contributed by atoms with Gasteiger partial charge in [0.15, 0.2) is 5.82 Å². The lowest BCUT2D eigenvalue weighted by Gasteiger charge is -2.30. The fourth-order valence-corrected chi connectivity index (χ4v) is 2.19. The Morgan fingerprint density at radius 2 is 2.27 bits per heavy atom. The van der Waals surface area contributed by atoms with Crippen molar-refractivity contribution in [1.82, 2.24) is 10.1 Å². The third-order valence-electron chi connectivity index (χ3n) is 3.05. The molecule has 1 aromatic heterocycles. The predicted molar refractivity (Wildman–Crippen MR) is 57.5 cm³/mol. The maximum atomic E-state index is 5.75. The molecular weight excluding hydrogens is 192 g/mol. The standard InChI is InChI=1S/C10H18N4O/c1-7-12-10(15-14-7)13-9-5-3-2-4-8(9)6-11/h8-9H,2-6,11H2,1H3,(H,12,13,14). The number of rotatable bonds is 3. The minimum absolute atomic E-state index is 0.392. The molecule has 2 rings (SSSR count). The summed E-state index contributed by atoms with van der Waals surface area (Å²) in [5, 5.41) is 7.04. The van der Waals surface area contributed by atoms with Gasteiger partial charge in [-0.15, -0.1) is 0 Å². The Morgan fingerprint density at radius 1 is 1.47 bits per heavy atom. The lowest BCUT2D eigenvalue weighted by atomic mass is 9.85. The van der Waals surface area contributed by atoms with Gasteiger partial charge in [-0.2, -0.15) is 4.98 Å². The van der Waals surface area contributed by atoms with E-state index < -0.39 is 0 Å². The van der Waals surface area contributed by atoms with Crippen LogP contribution in [0.25, 0.3) is 0 Å². The summed E-state index contributed by atoms with van der Waals surface area (Å²) < 4.78 is 5.05. The lowest BCUT2D eigenvalue weighted by Crippen LogP contribution is -2.36. The molecule has 84 valence electrons. The number of aryl methyl sites for hydroxylation is 1. The minimum Gasteiger partial charge on any atom is -0.335 e. The number of nitrogens with one attached hydrogen (secondary N) is 1. The molecule has 2 atom stereocenters. The van der Waals surface area contributed by atoms with Crippen molar-refractivity contribution in [2.45, 2.75) is 38.6 Å². The topological polar surface area (TPSA) is 77.0 Å². The first-order valence-electron chi connectivity index (χ1n) is 5.56. The Labute approximate surface area is 89.4 Å². The van der Waals surface area contributed by atoms with Crippen molar-refractivity contribution in [2.75, 3.05) is 11.9 Å². The van der Waals surface area contributed by atoms with Gasteiger partial charge in [0.25, 0.3) is 0 Å². The Morgan fingerprint density at radius 3 is 2.93 bits per heavy atom. The molecule has 0 aromatic carbocycles. The Bertz CT molecular complexity index is 312. The number of nitrogens with two attached hydrogens (primary N) is 1. The second-order valence-corrected chi connectivity index (χ2v) is 4.18. The maximum absolute atomic E-state index is 5.75. The van der Waals surface area contributed by atoms with E-state index in [-0.39, 0.29) is 0 Å². The number of aromatic nitrogens is 2. The highest BCUT2D eigenvalue weighted by Crippen LogP contribution is 2.25. The summed E-state index contributed by atoms with van der Waals surface area (Å²) in [6.07, 6.45) is 4.87. The molecule has 1 aromatic rings. The van der Waals surface area contributed by atoms with Gasteiger partial charge in [-0.1, -0.05) is 18.0 Å². The summed E-state index contributed by atoms with van der Waals surface area (Å²) >= 11 is 0. The molecule has 0 amide bonds. The Hall–Kier alpha value is -1.10. The van der Waals surface area contributed by atoms with E-state index in [0.29, 0.717) is 23.8 Å². The SMILES string of the molecule is Cc1noc(NC2CCCCC2CN)n1. The van der Waals surface area contributed by atoms with Crippen LogP contribution >= 0.6 is 0 Å². The minimum atomic E-state index is 0.392. The van der Waals surface area contributed by atoms with E-state index in [1.54, 1.807) is 0 Å². The van der Waals surface area contributed by atoms with Crippen LogP contribution in [0.2, 0.25) is 0 Å². The van der Waals surface area contributed by atoms with Crippen LogP contribution in [-0.2, 0) is 0 Å². The van der Waals surface area contributed by atoms with E-state index in [9.17, 15) is 0 Å². The molecule has 15 heavy (non-hydrogen) atoms. The molecule has 0 bridgehead atoms. The normalized spacial score (nSPS) is 26.5. The van der Waals surface area contributed by atoms with Crippen LogP contribution in [0.4, 0.5) is 6.01 Å². The van der Waals surface area contributed by atoms with Crippen molar-refractivity contribution < 1.29 is 4.52 Å². The van der Waals surface area contributed by atoms with Gasteiger partial charge in [-0.25, -0.2) is 0 Å². The molecule has 0 radical (unpaired) electrons. The van der Waals surface area contributed by atoms with Crippen LogP contribution in [-0.4, -0.2) is 22.7 Å². The summed E-state index contributed by atoms with van der Waals surface area (Å²) in [6.45, 7) is 2.54. The van der Waals surface area contributed by atoms with Crippen LogP contribution in [0.15, 0.2) is 4.52 Å². The first-order chi connectivity index (χ1) is 7.29. The fraction of sp³-hybridized carbons (Fsp3) is 0.800. The van der Waals surface area contributed by atoms with Crippen molar-refractivity contribution in [3.05, 3.63) is 5.82 Å². The van der Waals surface area contributed by atoms with E-state index in [2.05, 4.69) is 15.5 Å². The van der Waals surface area contributed by atoms with Crippen molar-refractivity contribution in [1.29, 1.82) is 0 Å². The molecule has 2 unspecified atom stereocenters. The quantitative estimate of drug-likeness (QED) is 0.786. The molecule has 1 heterocycles. The second kappa shape index (κ2) is 4.61. The molecule has 0 spiro atoms. The molecule has 1 aliphatic carbocycles. The van der Waals surface area contributed by atoms with Gasteiger partial charge in [0.2, 0.25) is 0 Å². The summed E-state index contributed by atoms with van der Waals surface area (Å²) in [7, 11) is 0. The Balaban J connectivity index is 1.97. The lowest BCUT2D eigenvalue weighted by molar-refractivity contribution is 0.322. The van der Waals surface area contributed by atoms with E-state index in [0.717, 1.165) is 13.0 Å². The molecule has 0 aliphatic heterocycles. The summed E-state index contributed by atoms with van der Waals surface area (Å²) in [4.78, 5) is 4.14. The van der Waals surface area contributed by atoms with E-state index in [4.69, 9.17) is 10.3 Å². The number of hydrogen-bond acceptors (Lipinski definition) is 5. The molecule has 1 saturated carbocycles. The van der Waals surface area contributed by atoms with Crippen molar-refractivity contribution in [2.24, 2.45) is 11.7 Å². The van der Waals surface area contributed by atoms with Crippen LogP contribution in [0.3, 0.4) is 0 Å². The zero-order valence-electron chi connectivity index (χ0n) is 9.07. The third-order valence-corrected chi connectivity index (χ3v) is 3.05. The van der Waals surface area contributed by atoms with Gasteiger partial charge >= 0.3 is 6.01 Å². The average Bonchev–Trinajstić information content (AvgIpc) is 2.65. The highest BCUT2D eigenvalue weighted by atomic mass is 16.5. The molecular formula is C10H18N4O. The molecule has 0 saturated heterocycles. The van der Waals surface area contributed by atoms with Gasteiger partial charge in [-0.3, -0.25) is 0 Å². The largest absolute Gasteiger partial charge is 0.335 e. The van der Waals surface area contributed by atoms with E-state index in [1.807, 2.05) is 6.92 Å². The average molecular weight is 210 g/mol. The van der Waals surface area contributed by atoms with Gasteiger partial charge in [0, 0.05) is 6.04 Å². The highest BCUT2D eigenvalue weighted by molar-refractivity contribution is 5.21. The van der Waals surface area contributed by atoms with E-state index in [1.165, 1.54) is 19.3 Å². The van der Waals surface area contributed by atoms with Crippen LogP contribution in [0.1, 0.15) is 31.5 Å². The Kier molecular flexibility index (Phi) is 3.20. The highest BCUT2D eigenvalue weighted by Gasteiger charge is 2.24. The first-order valence-corrected chi connectivity index (χ1v) is 5.56. The van der Waals surface area contributed by atoms with Gasteiger partial charge in [0.1, 0.15) is 0 Å². The summed E-state index contributed by atoms with van der Waals surface area (Å²) in [6, 6.07) is 0.918. The number of anilines is 1. The number of nitrogens with zero attached hydrogens (tertiary/aromatic N) is 2. The first kappa shape index (κ1) is 10.4. The molecule has 5 nitrogen and oxygen atoms in total. The van der Waals surface area contributed by atoms with Crippen molar-refractivity contribution in [3.63, 3.8) is 0 Å². The predicted octanol–water partition coefficient (Wildman–Crippen LogP) is 1.31. The van der Waals surface area contributed by atoms with Crippen molar-refractivity contribution >= 4 is 6.01 Å². The smallest absolute Gasteiger partial charge is 0.321 e. The zero-order chi connectivity index (χ0) is 10.7. The molecule has 1 fully saturated rings. The fourth-order valence-electron chi connectivity index (χ4n) is 2.19. The van der Waals surface area contributed by atoms with Gasteiger partial charge in [0.05, 0.1) is 0 Å². The van der Waals surface area contributed by atoms with Crippen LogP contribution in [0, 0.1) is 12.8 Å². The maximum Gasteiger partial charge on any atom is 0.321 e. The van der Waals surface area contributed by atoms with Gasteiger partial charge in [-0.05, 0) is 32.2 Å². The van der Waals surface area contributed by atoms with Crippen LogP contribution in [0.5, 0.6) is 0 Å². The van der Waals surface area contributed by atoms with Crippen molar-refractivity contribution in [3.8, 4) is 0 Å². The third kappa shape index (κ3) is 2.47. The van der Waals surface area contributed by atoms with Crippen LogP contribution < -0.4 is 11.1 Å². The second-order valence-electron chi connectivity index (χ2n) is 4.18. The molecule has 1 aliphatic rings. The summed E-state index contributed by atoms with van der Waals surface area (Å²) in [5.74, 6) is 1.20. The van der Waals surface area contributed by atoms with Gasteiger partial charge < -0.3 is 15.6 Å². The zero-order valence-corrected chi connectivity index (χ0v) is 9.07. The molecule has 3 N–H and O–H groups in total. The number of hydrogen-bond donors (Lipinski definition) is 2. The van der Waals surface area contributed by atoms with E-state index >= 15 is 0 Å². The molecule has 5 heteroatoms.